The summed E-state index contributed by atoms with van der Waals surface area (Å²) in [6.45, 7) is 5.44. The molecular formula is C25H33N5OS. The fourth-order valence-corrected chi connectivity index (χ4v) is 5.56. The second kappa shape index (κ2) is 10.1. The molecule has 1 atom stereocenters. The number of hydrogen-bond donors (Lipinski definition) is 2. The maximum atomic E-state index is 12.8. The molecule has 6 nitrogen and oxygen atoms in total. The topological polar surface area (TPSA) is 85.4 Å². The SMILES string of the molecule is CN1CCN(Cc2ccc(-c3ccc(C(C#N)NC(=O)C4(N)CCCCC4)s3)cc2)CC1. The molecule has 0 spiro atoms. The molecule has 1 saturated heterocycles. The van der Waals surface area contributed by atoms with Crippen LogP contribution in [0.15, 0.2) is 36.4 Å². The van der Waals surface area contributed by atoms with E-state index in [1.54, 1.807) is 11.3 Å². The van der Waals surface area contributed by atoms with E-state index in [2.05, 4.69) is 52.5 Å². The Bertz CT molecular complexity index is 949. The number of thiophene rings is 1. The zero-order chi connectivity index (χ0) is 22.6. The summed E-state index contributed by atoms with van der Waals surface area (Å²) in [5.41, 5.74) is 7.95. The van der Waals surface area contributed by atoms with Gasteiger partial charge in [0.1, 0.15) is 0 Å². The molecule has 2 aliphatic rings. The van der Waals surface area contributed by atoms with Crippen LogP contribution < -0.4 is 11.1 Å². The third-order valence-corrected chi connectivity index (χ3v) is 7.95. The van der Waals surface area contributed by atoms with Gasteiger partial charge >= 0.3 is 0 Å². The Hall–Kier alpha value is -2.24. The van der Waals surface area contributed by atoms with Gasteiger partial charge in [0.2, 0.25) is 5.91 Å². The van der Waals surface area contributed by atoms with Crippen molar-refractivity contribution in [2.24, 2.45) is 5.73 Å². The third-order valence-electron chi connectivity index (χ3n) is 6.75. The molecule has 4 rings (SSSR count). The van der Waals surface area contributed by atoms with Crippen molar-refractivity contribution in [2.45, 2.75) is 50.2 Å². The molecule has 2 fully saturated rings. The number of nitriles is 1. The van der Waals surface area contributed by atoms with Crippen LogP contribution in [0.3, 0.4) is 0 Å². The molecular weight excluding hydrogens is 418 g/mol. The minimum absolute atomic E-state index is 0.202. The van der Waals surface area contributed by atoms with Crippen molar-refractivity contribution in [1.82, 2.24) is 15.1 Å². The lowest BCUT2D eigenvalue weighted by molar-refractivity contribution is -0.127. The lowest BCUT2D eigenvalue weighted by atomic mass is 9.82. The molecule has 2 heterocycles. The second-order valence-electron chi connectivity index (χ2n) is 9.23. The quantitative estimate of drug-likeness (QED) is 0.702. The Morgan fingerprint density at radius 1 is 1.12 bits per heavy atom. The van der Waals surface area contributed by atoms with Gasteiger partial charge in [0.25, 0.3) is 0 Å². The van der Waals surface area contributed by atoms with Crippen molar-refractivity contribution >= 4 is 17.2 Å². The Labute approximate surface area is 195 Å². The van der Waals surface area contributed by atoms with E-state index in [1.807, 2.05) is 12.1 Å². The number of rotatable bonds is 6. The highest BCUT2D eigenvalue weighted by Gasteiger charge is 2.36. The number of hydrogen-bond acceptors (Lipinski definition) is 6. The maximum absolute atomic E-state index is 12.8. The molecule has 1 aliphatic carbocycles. The summed E-state index contributed by atoms with van der Waals surface area (Å²) in [5, 5.41) is 12.6. The summed E-state index contributed by atoms with van der Waals surface area (Å²) in [4.78, 5) is 19.6. The first-order valence-corrected chi connectivity index (χ1v) is 12.4. The van der Waals surface area contributed by atoms with Gasteiger partial charge < -0.3 is 16.0 Å². The molecule has 0 bridgehead atoms. The standard InChI is InChI=1S/C25H33N5OS/c1-29-13-15-30(16-14-29)18-19-5-7-20(8-6-19)22-9-10-23(32-22)21(17-26)28-24(31)25(27)11-3-2-4-12-25/h5-10,21H,2-4,11-16,18,27H2,1H3,(H,28,31). The highest BCUT2D eigenvalue weighted by molar-refractivity contribution is 7.15. The number of carbonyl (C=O) groups is 1. The highest BCUT2D eigenvalue weighted by atomic mass is 32.1. The van der Waals surface area contributed by atoms with Gasteiger partial charge in [0.15, 0.2) is 6.04 Å². The van der Waals surface area contributed by atoms with Gasteiger partial charge in [-0.1, -0.05) is 43.5 Å². The molecule has 1 aromatic carbocycles. The number of nitrogens with one attached hydrogen (secondary N) is 1. The molecule has 170 valence electrons. The van der Waals surface area contributed by atoms with Crippen LogP contribution in [0, 0.1) is 11.3 Å². The van der Waals surface area contributed by atoms with Crippen LogP contribution in [0.25, 0.3) is 10.4 Å². The Kier molecular flexibility index (Phi) is 7.27. The zero-order valence-electron chi connectivity index (χ0n) is 18.8. The van der Waals surface area contributed by atoms with Gasteiger partial charge in [0.05, 0.1) is 11.6 Å². The average molecular weight is 452 g/mol. The van der Waals surface area contributed by atoms with Crippen molar-refractivity contribution in [2.75, 3.05) is 33.2 Å². The van der Waals surface area contributed by atoms with E-state index >= 15 is 0 Å². The van der Waals surface area contributed by atoms with Crippen LogP contribution in [0.1, 0.15) is 48.6 Å². The van der Waals surface area contributed by atoms with E-state index in [0.717, 1.165) is 67.3 Å². The van der Waals surface area contributed by atoms with Gasteiger partial charge in [-0.25, -0.2) is 0 Å². The van der Waals surface area contributed by atoms with E-state index in [4.69, 9.17) is 5.73 Å². The normalized spacial score (nSPS) is 20.4. The van der Waals surface area contributed by atoms with Crippen molar-refractivity contribution in [3.8, 4) is 16.5 Å². The van der Waals surface area contributed by atoms with Gasteiger partial charge in [-0.05, 0) is 43.1 Å². The van der Waals surface area contributed by atoms with E-state index in [9.17, 15) is 10.1 Å². The number of benzene rings is 1. The molecule has 1 saturated carbocycles. The van der Waals surface area contributed by atoms with Crippen LogP contribution in [0.4, 0.5) is 0 Å². The summed E-state index contributed by atoms with van der Waals surface area (Å²) in [5.74, 6) is -0.202. The van der Waals surface area contributed by atoms with E-state index < -0.39 is 11.6 Å². The van der Waals surface area contributed by atoms with Gasteiger partial charge in [-0.15, -0.1) is 11.3 Å². The smallest absolute Gasteiger partial charge is 0.241 e. The summed E-state index contributed by atoms with van der Waals surface area (Å²) in [6.07, 6.45) is 4.43. The number of carbonyl (C=O) groups excluding carboxylic acids is 1. The average Bonchev–Trinajstić information content (AvgIpc) is 3.30. The van der Waals surface area contributed by atoms with Crippen LogP contribution in [-0.2, 0) is 11.3 Å². The summed E-state index contributed by atoms with van der Waals surface area (Å²) < 4.78 is 0. The second-order valence-corrected chi connectivity index (χ2v) is 10.3. The Morgan fingerprint density at radius 3 is 2.47 bits per heavy atom. The van der Waals surface area contributed by atoms with Gasteiger partial charge in [-0.2, -0.15) is 5.26 Å². The third kappa shape index (κ3) is 5.38. The predicted octanol–water partition coefficient (Wildman–Crippen LogP) is 3.50. The fraction of sp³-hybridized carbons (Fsp3) is 0.520. The molecule has 32 heavy (non-hydrogen) atoms. The van der Waals surface area contributed by atoms with E-state index in [-0.39, 0.29) is 5.91 Å². The molecule has 1 aliphatic heterocycles. The summed E-state index contributed by atoms with van der Waals surface area (Å²) in [7, 11) is 2.17. The monoisotopic (exact) mass is 451 g/mol. The molecule has 1 amide bonds. The van der Waals surface area contributed by atoms with E-state index in [0.29, 0.717) is 12.8 Å². The first-order chi connectivity index (χ1) is 15.5. The first kappa shape index (κ1) is 22.9. The predicted molar refractivity (Wildman–Crippen MR) is 129 cm³/mol. The summed E-state index contributed by atoms with van der Waals surface area (Å²) >= 11 is 1.55. The minimum Gasteiger partial charge on any atom is -0.334 e. The van der Waals surface area contributed by atoms with Crippen LogP contribution in [0.5, 0.6) is 0 Å². The van der Waals surface area contributed by atoms with Gasteiger partial charge in [-0.3, -0.25) is 9.69 Å². The first-order valence-electron chi connectivity index (χ1n) is 11.6. The van der Waals surface area contributed by atoms with Crippen molar-refractivity contribution in [3.05, 3.63) is 46.8 Å². The Morgan fingerprint density at radius 2 is 1.81 bits per heavy atom. The lowest BCUT2D eigenvalue weighted by Gasteiger charge is -2.32. The minimum atomic E-state index is -0.840. The van der Waals surface area contributed by atoms with Crippen LogP contribution >= 0.6 is 11.3 Å². The van der Waals surface area contributed by atoms with Crippen LogP contribution in [-0.4, -0.2) is 54.5 Å². The lowest BCUT2D eigenvalue weighted by Crippen LogP contribution is -2.55. The fourth-order valence-electron chi connectivity index (χ4n) is 4.55. The molecule has 1 unspecified atom stereocenters. The zero-order valence-corrected chi connectivity index (χ0v) is 19.7. The van der Waals surface area contributed by atoms with Crippen molar-refractivity contribution in [1.29, 1.82) is 5.26 Å². The number of piperazine rings is 1. The molecule has 7 heteroatoms. The molecule has 0 radical (unpaired) electrons. The van der Waals surface area contributed by atoms with Crippen LogP contribution in [0.2, 0.25) is 0 Å². The van der Waals surface area contributed by atoms with Crippen molar-refractivity contribution in [3.63, 3.8) is 0 Å². The molecule has 3 N–H and O–H groups in total. The maximum Gasteiger partial charge on any atom is 0.241 e. The molecule has 2 aromatic rings. The highest BCUT2D eigenvalue weighted by Crippen LogP contribution is 2.33. The van der Waals surface area contributed by atoms with Gasteiger partial charge in [0, 0.05) is 42.5 Å². The number of likely N-dealkylation sites (N-methyl/N-ethyl adjacent to an activating group) is 1. The number of nitrogens with zero attached hydrogens (tertiary/aromatic N) is 3. The largest absolute Gasteiger partial charge is 0.334 e. The van der Waals surface area contributed by atoms with Crippen molar-refractivity contribution < 1.29 is 4.79 Å². The number of nitrogens with two attached hydrogens (primary N) is 1. The Balaban J connectivity index is 1.39. The summed E-state index contributed by atoms with van der Waals surface area (Å²) in [6, 6.07) is 14.2. The molecule has 1 aromatic heterocycles. The van der Waals surface area contributed by atoms with E-state index in [1.165, 1.54) is 5.56 Å². The number of amides is 1.